The van der Waals surface area contributed by atoms with Crippen LogP contribution in [0.2, 0.25) is 0 Å². The second-order valence-electron chi connectivity index (χ2n) is 7.02. The number of amides is 3. The first-order chi connectivity index (χ1) is 12.4. The van der Waals surface area contributed by atoms with Crippen molar-refractivity contribution in [2.75, 3.05) is 18.4 Å². The van der Waals surface area contributed by atoms with Crippen LogP contribution in [0, 0.1) is 5.92 Å². The Morgan fingerprint density at radius 3 is 2.50 bits per heavy atom. The molecule has 0 aliphatic carbocycles. The molecular weight excluding hydrogens is 330 g/mol. The summed E-state index contributed by atoms with van der Waals surface area (Å²) in [6.45, 7) is 6.97. The number of likely N-dealkylation sites (tertiary alicyclic amines) is 1. The Balaban J connectivity index is 2.00. The van der Waals surface area contributed by atoms with Gasteiger partial charge in [0.25, 0.3) is 5.91 Å². The van der Waals surface area contributed by atoms with Gasteiger partial charge in [0, 0.05) is 30.3 Å². The lowest BCUT2D eigenvalue weighted by atomic mass is 10.1. The Morgan fingerprint density at radius 1 is 1.19 bits per heavy atom. The normalized spacial score (nSPS) is 16.6. The highest BCUT2D eigenvalue weighted by molar-refractivity contribution is 5.99. The van der Waals surface area contributed by atoms with E-state index in [1.165, 1.54) is 0 Å². The van der Waals surface area contributed by atoms with Crippen LogP contribution in [0.3, 0.4) is 0 Å². The summed E-state index contributed by atoms with van der Waals surface area (Å²) < 4.78 is 0. The maximum Gasteiger partial charge on any atom is 0.254 e. The number of carbonyl (C=O) groups excluding carboxylic acids is 3. The van der Waals surface area contributed by atoms with Crippen molar-refractivity contribution in [3.63, 3.8) is 0 Å². The molecule has 0 aromatic heterocycles. The lowest BCUT2D eigenvalue weighted by Gasteiger charge is -2.24. The molecular formula is C20H29N3O3. The standard InChI is InChI=1S/C20H29N3O3/c1-4-5-12-21-19(25)17-7-6-13-23(17)20(26)15-8-10-16(11-9-15)22-18(24)14(2)3/h8-11,14,17H,4-7,12-13H2,1-3H3,(H,21,25)(H,22,24)/t17-/m0/s1. The fraction of sp³-hybridized carbons (Fsp3) is 0.550. The van der Waals surface area contributed by atoms with Gasteiger partial charge in [0.15, 0.2) is 0 Å². The molecule has 0 saturated carbocycles. The largest absolute Gasteiger partial charge is 0.354 e. The number of nitrogens with one attached hydrogen (secondary N) is 2. The number of nitrogens with zero attached hydrogens (tertiary/aromatic N) is 1. The van der Waals surface area contributed by atoms with Crippen LogP contribution in [0.1, 0.15) is 56.8 Å². The number of hydrogen-bond donors (Lipinski definition) is 2. The predicted molar refractivity (Wildman–Crippen MR) is 102 cm³/mol. The molecule has 1 atom stereocenters. The molecule has 142 valence electrons. The predicted octanol–water partition coefficient (Wildman–Crippen LogP) is 2.80. The SMILES string of the molecule is CCCCNC(=O)[C@@H]1CCCN1C(=O)c1ccc(NC(=O)C(C)C)cc1. The van der Waals surface area contributed by atoms with Crippen LogP contribution < -0.4 is 10.6 Å². The quantitative estimate of drug-likeness (QED) is 0.735. The molecule has 0 unspecified atom stereocenters. The first kappa shape index (κ1) is 19.9. The lowest BCUT2D eigenvalue weighted by molar-refractivity contribution is -0.124. The third-order valence-corrected chi connectivity index (χ3v) is 4.57. The third kappa shape index (κ3) is 5.07. The highest BCUT2D eigenvalue weighted by atomic mass is 16.2. The summed E-state index contributed by atoms with van der Waals surface area (Å²) in [5.74, 6) is -0.370. The smallest absolute Gasteiger partial charge is 0.254 e. The van der Waals surface area contributed by atoms with Gasteiger partial charge in [0.05, 0.1) is 0 Å². The van der Waals surface area contributed by atoms with Crippen LogP contribution in [0.15, 0.2) is 24.3 Å². The van der Waals surface area contributed by atoms with Crippen molar-refractivity contribution in [1.82, 2.24) is 10.2 Å². The van der Waals surface area contributed by atoms with Gasteiger partial charge < -0.3 is 15.5 Å². The van der Waals surface area contributed by atoms with Gasteiger partial charge in [-0.2, -0.15) is 0 Å². The van der Waals surface area contributed by atoms with Crippen LogP contribution >= 0.6 is 0 Å². The molecule has 3 amide bonds. The van der Waals surface area contributed by atoms with E-state index in [-0.39, 0.29) is 29.7 Å². The second kappa shape index (κ2) is 9.36. The molecule has 0 bridgehead atoms. The van der Waals surface area contributed by atoms with E-state index in [0.717, 1.165) is 19.3 Å². The van der Waals surface area contributed by atoms with Crippen molar-refractivity contribution < 1.29 is 14.4 Å². The fourth-order valence-corrected chi connectivity index (χ4v) is 2.94. The summed E-state index contributed by atoms with van der Waals surface area (Å²) in [6, 6.07) is 6.45. The van der Waals surface area contributed by atoms with Crippen molar-refractivity contribution in [2.45, 2.75) is 52.5 Å². The third-order valence-electron chi connectivity index (χ3n) is 4.57. The zero-order valence-corrected chi connectivity index (χ0v) is 15.9. The molecule has 2 rings (SSSR count). The molecule has 0 spiro atoms. The molecule has 1 aliphatic rings. The minimum Gasteiger partial charge on any atom is -0.354 e. The van der Waals surface area contributed by atoms with Gasteiger partial charge in [-0.15, -0.1) is 0 Å². The van der Waals surface area contributed by atoms with Gasteiger partial charge in [-0.1, -0.05) is 27.2 Å². The van der Waals surface area contributed by atoms with Crippen LogP contribution in [-0.4, -0.2) is 41.8 Å². The number of rotatable bonds is 7. The highest BCUT2D eigenvalue weighted by Crippen LogP contribution is 2.21. The molecule has 26 heavy (non-hydrogen) atoms. The lowest BCUT2D eigenvalue weighted by Crippen LogP contribution is -2.46. The molecule has 0 radical (unpaired) electrons. The highest BCUT2D eigenvalue weighted by Gasteiger charge is 2.34. The van der Waals surface area contributed by atoms with E-state index in [1.54, 1.807) is 29.2 Å². The van der Waals surface area contributed by atoms with E-state index in [1.807, 2.05) is 13.8 Å². The summed E-state index contributed by atoms with van der Waals surface area (Å²) in [6.07, 6.45) is 3.50. The van der Waals surface area contributed by atoms with Crippen molar-refractivity contribution >= 4 is 23.4 Å². The average Bonchev–Trinajstić information content (AvgIpc) is 3.11. The first-order valence-corrected chi connectivity index (χ1v) is 9.43. The molecule has 6 nitrogen and oxygen atoms in total. The van der Waals surface area contributed by atoms with Gasteiger partial charge in [-0.05, 0) is 43.5 Å². The molecule has 1 aromatic carbocycles. The Kier molecular flexibility index (Phi) is 7.18. The zero-order valence-electron chi connectivity index (χ0n) is 15.9. The zero-order chi connectivity index (χ0) is 19.1. The molecule has 1 fully saturated rings. The number of carbonyl (C=O) groups is 3. The molecule has 6 heteroatoms. The number of benzene rings is 1. The summed E-state index contributed by atoms with van der Waals surface area (Å²) in [5.41, 5.74) is 1.19. The average molecular weight is 359 g/mol. The summed E-state index contributed by atoms with van der Waals surface area (Å²) in [5, 5.41) is 5.73. The Bertz CT molecular complexity index is 640. The monoisotopic (exact) mass is 359 g/mol. The van der Waals surface area contributed by atoms with Crippen molar-refractivity contribution in [2.24, 2.45) is 5.92 Å². The van der Waals surface area contributed by atoms with E-state index >= 15 is 0 Å². The Morgan fingerprint density at radius 2 is 1.88 bits per heavy atom. The van der Waals surface area contributed by atoms with Crippen molar-refractivity contribution in [1.29, 1.82) is 0 Å². The minimum atomic E-state index is -0.389. The van der Waals surface area contributed by atoms with Gasteiger partial charge in [0.1, 0.15) is 6.04 Å². The number of hydrogen-bond acceptors (Lipinski definition) is 3. The molecule has 1 saturated heterocycles. The van der Waals surface area contributed by atoms with E-state index in [4.69, 9.17) is 0 Å². The molecule has 1 aromatic rings. The van der Waals surface area contributed by atoms with Crippen LogP contribution in [0.25, 0.3) is 0 Å². The molecule has 1 heterocycles. The van der Waals surface area contributed by atoms with Crippen molar-refractivity contribution in [3.8, 4) is 0 Å². The first-order valence-electron chi connectivity index (χ1n) is 9.43. The van der Waals surface area contributed by atoms with E-state index < -0.39 is 0 Å². The van der Waals surface area contributed by atoms with Gasteiger partial charge >= 0.3 is 0 Å². The Labute approximate surface area is 155 Å². The van der Waals surface area contributed by atoms with E-state index in [9.17, 15) is 14.4 Å². The van der Waals surface area contributed by atoms with Crippen LogP contribution in [0.5, 0.6) is 0 Å². The van der Waals surface area contributed by atoms with E-state index in [2.05, 4.69) is 17.6 Å². The maximum atomic E-state index is 12.8. The Hall–Kier alpha value is -2.37. The van der Waals surface area contributed by atoms with Gasteiger partial charge in [-0.25, -0.2) is 0 Å². The molecule has 2 N–H and O–H groups in total. The van der Waals surface area contributed by atoms with Crippen LogP contribution in [-0.2, 0) is 9.59 Å². The maximum absolute atomic E-state index is 12.8. The van der Waals surface area contributed by atoms with Crippen LogP contribution in [0.4, 0.5) is 5.69 Å². The van der Waals surface area contributed by atoms with Gasteiger partial charge in [-0.3, -0.25) is 14.4 Å². The fourth-order valence-electron chi connectivity index (χ4n) is 2.94. The van der Waals surface area contributed by atoms with Gasteiger partial charge in [0.2, 0.25) is 11.8 Å². The minimum absolute atomic E-state index is 0.0626. The number of unbranched alkanes of at least 4 members (excludes halogenated alkanes) is 1. The summed E-state index contributed by atoms with van der Waals surface area (Å²) >= 11 is 0. The second-order valence-corrected chi connectivity index (χ2v) is 7.02. The summed E-state index contributed by atoms with van der Waals surface area (Å²) in [4.78, 5) is 38.5. The molecule has 1 aliphatic heterocycles. The van der Waals surface area contributed by atoms with E-state index in [0.29, 0.717) is 30.8 Å². The number of anilines is 1. The topological polar surface area (TPSA) is 78.5 Å². The van der Waals surface area contributed by atoms with Crippen molar-refractivity contribution in [3.05, 3.63) is 29.8 Å². The summed E-state index contributed by atoms with van der Waals surface area (Å²) in [7, 11) is 0.